The van der Waals surface area contributed by atoms with Crippen molar-refractivity contribution < 1.29 is 54.0 Å². The number of carboxylic acids is 4. The summed E-state index contributed by atoms with van der Waals surface area (Å²) in [6.45, 7) is 4.85. The van der Waals surface area contributed by atoms with Gasteiger partial charge in [0.1, 0.15) is 18.1 Å². The van der Waals surface area contributed by atoms with Crippen molar-refractivity contribution in [1.82, 2.24) is 16.0 Å². The Labute approximate surface area is 258 Å². The minimum atomic E-state index is -1.50. The van der Waals surface area contributed by atoms with Gasteiger partial charge in [0.05, 0.1) is 5.92 Å². The second kappa shape index (κ2) is 22.8. The van der Waals surface area contributed by atoms with Crippen LogP contribution in [0.15, 0.2) is 0 Å². The van der Waals surface area contributed by atoms with Crippen molar-refractivity contribution in [3.63, 3.8) is 0 Å². The number of rotatable bonds is 26. The van der Waals surface area contributed by atoms with Crippen molar-refractivity contribution in [1.29, 1.82) is 0 Å². The third kappa shape index (κ3) is 18.7. The second-order valence-electron chi connectivity index (χ2n) is 11.4. The molecule has 0 aromatic carbocycles. The molecule has 44 heavy (non-hydrogen) atoms. The van der Waals surface area contributed by atoms with Gasteiger partial charge in [0, 0.05) is 18.8 Å². The Morgan fingerprint density at radius 3 is 1.52 bits per heavy atom. The lowest BCUT2D eigenvalue weighted by atomic mass is 9.97. The highest BCUT2D eigenvalue weighted by atomic mass is 16.4. The molecule has 0 heterocycles. The molecule has 0 spiro atoms. The number of aliphatic carboxylic acids is 4. The molecular weight excluding hydrogens is 578 g/mol. The molecule has 0 radical (unpaired) electrons. The van der Waals surface area contributed by atoms with Gasteiger partial charge in [-0.05, 0) is 32.1 Å². The third-order valence-corrected chi connectivity index (χ3v) is 7.32. The van der Waals surface area contributed by atoms with E-state index >= 15 is 0 Å². The summed E-state index contributed by atoms with van der Waals surface area (Å²) in [5.74, 6) is -9.44. The van der Waals surface area contributed by atoms with Crippen LogP contribution in [-0.2, 0) is 33.6 Å². The van der Waals surface area contributed by atoms with Gasteiger partial charge in [0.15, 0.2) is 0 Å². The summed E-state index contributed by atoms with van der Waals surface area (Å²) in [4.78, 5) is 83.9. The van der Waals surface area contributed by atoms with Crippen LogP contribution in [0.1, 0.15) is 117 Å². The molecule has 0 aliphatic heterocycles. The lowest BCUT2D eigenvalue weighted by Gasteiger charge is -2.25. The number of hydrogen-bond acceptors (Lipinski definition) is 7. The van der Waals surface area contributed by atoms with E-state index in [2.05, 4.69) is 22.9 Å². The average molecular weight is 630 g/mol. The maximum absolute atomic E-state index is 13.1. The minimum absolute atomic E-state index is 0.0215. The van der Waals surface area contributed by atoms with Crippen LogP contribution in [0.2, 0.25) is 0 Å². The fraction of sp³-hybridized carbons (Fsp3) is 0.767. The first-order valence-electron chi connectivity index (χ1n) is 15.5. The molecule has 14 nitrogen and oxygen atoms in total. The van der Waals surface area contributed by atoms with Crippen molar-refractivity contribution in [2.75, 3.05) is 0 Å². The molecule has 0 rings (SSSR count). The maximum atomic E-state index is 13.1. The molecule has 0 aromatic rings. The Balaban J connectivity index is 5.39. The van der Waals surface area contributed by atoms with Crippen LogP contribution in [0.25, 0.3) is 0 Å². The Bertz CT molecular complexity index is 957. The summed E-state index contributed by atoms with van der Waals surface area (Å²) in [5, 5.41) is 44.0. The molecule has 7 N–H and O–H groups in total. The molecule has 0 aliphatic rings. The zero-order valence-corrected chi connectivity index (χ0v) is 26.1. The summed E-state index contributed by atoms with van der Waals surface area (Å²) >= 11 is 0. The van der Waals surface area contributed by atoms with Crippen molar-refractivity contribution in [2.24, 2.45) is 11.8 Å². The lowest BCUT2D eigenvalue weighted by Crippen LogP contribution is -2.53. The highest BCUT2D eigenvalue weighted by molar-refractivity contribution is 5.91. The van der Waals surface area contributed by atoms with Crippen LogP contribution in [-0.4, -0.2) is 80.2 Å². The Hall–Kier alpha value is -3.71. The molecule has 5 atom stereocenters. The van der Waals surface area contributed by atoms with Crippen LogP contribution in [0, 0.1) is 11.8 Å². The Morgan fingerprint density at radius 2 is 1.02 bits per heavy atom. The molecule has 0 aliphatic carbocycles. The molecule has 0 bridgehead atoms. The number of hydrogen-bond donors (Lipinski definition) is 7. The quantitative estimate of drug-likeness (QED) is 0.0687. The predicted octanol–water partition coefficient (Wildman–Crippen LogP) is 2.92. The van der Waals surface area contributed by atoms with Crippen LogP contribution >= 0.6 is 0 Å². The van der Waals surface area contributed by atoms with Gasteiger partial charge in [0.25, 0.3) is 0 Å². The van der Waals surface area contributed by atoms with E-state index in [0.29, 0.717) is 6.42 Å². The predicted molar refractivity (Wildman–Crippen MR) is 160 cm³/mol. The molecule has 0 saturated carbocycles. The first-order valence-corrected chi connectivity index (χ1v) is 15.5. The number of nitrogens with one attached hydrogen (secondary N) is 3. The van der Waals surface area contributed by atoms with Crippen molar-refractivity contribution in [2.45, 2.75) is 135 Å². The monoisotopic (exact) mass is 629 g/mol. The average Bonchev–Trinajstić information content (AvgIpc) is 2.94. The number of carbonyl (C=O) groups is 7. The van der Waals surface area contributed by atoms with Gasteiger partial charge in [-0.2, -0.15) is 0 Å². The van der Waals surface area contributed by atoms with Crippen LogP contribution in [0.4, 0.5) is 0 Å². The first-order chi connectivity index (χ1) is 20.7. The molecule has 5 unspecified atom stereocenters. The standard InChI is InChI=1S/C30H51N3O11/c1-4-5-6-7-8-9-10-11-12-15-24(34)31-22(27(38)32-21(29(41)42)14-13-16-25(35)36)17-19(2)26(37)33-23(30(43)44)18-20(3)28(39)40/h19-23H,4-18H2,1-3H3,(H,31,34)(H,32,38)(H,33,37)(H,35,36)(H,39,40)(H,41,42)(H,43,44). The number of carboxylic acid groups (broad SMARTS) is 4. The van der Waals surface area contributed by atoms with Gasteiger partial charge in [-0.25, -0.2) is 9.59 Å². The number of carbonyl (C=O) groups excluding carboxylic acids is 3. The summed E-state index contributed by atoms with van der Waals surface area (Å²) in [6, 6.07) is -4.28. The largest absolute Gasteiger partial charge is 0.481 e. The van der Waals surface area contributed by atoms with E-state index < -0.39 is 71.6 Å². The molecule has 0 saturated heterocycles. The minimum Gasteiger partial charge on any atom is -0.481 e. The van der Waals surface area contributed by atoms with E-state index in [1.807, 2.05) is 0 Å². The van der Waals surface area contributed by atoms with Crippen molar-refractivity contribution in [3.05, 3.63) is 0 Å². The summed E-state index contributed by atoms with van der Waals surface area (Å²) in [7, 11) is 0. The van der Waals surface area contributed by atoms with Gasteiger partial charge < -0.3 is 36.4 Å². The van der Waals surface area contributed by atoms with E-state index in [9.17, 15) is 43.8 Å². The topological polar surface area (TPSA) is 236 Å². The molecule has 0 fully saturated rings. The van der Waals surface area contributed by atoms with Gasteiger partial charge in [-0.1, -0.05) is 72.1 Å². The van der Waals surface area contributed by atoms with Crippen molar-refractivity contribution >= 4 is 41.6 Å². The normalized spacial score (nSPS) is 14.3. The fourth-order valence-corrected chi connectivity index (χ4v) is 4.53. The van der Waals surface area contributed by atoms with E-state index in [0.717, 1.165) is 25.7 Å². The highest BCUT2D eigenvalue weighted by Crippen LogP contribution is 2.14. The van der Waals surface area contributed by atoms with Gasteiger partial charge in [0.2, 0.25) is 17.7 Å². The molecule has 252 valence electrons. The summed E-state index contributed by atoms with van der Waals surface area (Å²) in [5.41, 5.74) is 0. The van der Waals surface area contributed by atoms with Crippen LogP contribution in [0.5, 0.6) is 0 Å². The van der Waals surface area contributed by atoms with Crippen molar-refractivity contribution in [3.8, 4) is 0 Å². The SMILES string of the molecule is CCCCCCCCCCCC(=O)NC(CC(C)C(=O)NC(CC(C)C(=O)O)C(=O)O)C(=O)NC(CCCC(=O)O)C(=O)O. The smallest absolute Gasteiger partial charge is 0.326 e. The van der Waals surface area contributed by atoms with E-state index in [1.54, 1.807) is 0 Å². The van der Waals surface area contributed by atoms with Gasteiger partial charge >= 0.3 is 23.9 Å². The number of amides is 3. The molecular formula is C30H51N3O11. The fourth-order valence-electron chi connectivity index (χ4n) is 4.53. The second-order valence-corrected chi connectivity index (χ2v) is 11.4. The summed E-state index contributed by atoms with van der Waals surface area (Å²) in [6.07, 6.45) is 8.23. The Morgan fingerprint density at radius 1 is 0.523 bits per heavy atom. The van der Waals surface area contributed by atoms with Gasteiger partial charge in [-0.3, -0.25) is 24.0 Å². The Kier molecular flexibility index (Phi) is 20.9. The van der Waals surface area contributed by atoms with Gasteiger partial charge in [-0.15, -0.1) is 0 Å². The zero-order valence-electron chi connectivity index (χ0n) is 26.1. The van der Waals surface area contributed by atoms with E-state index in [4.69, 9.17) is 10.2 Å². The van der Waals surface area contributed by atoms with Crippen LogP contribution in [0.3, 0.4) is 0 Å². The van der Waals surface area contributed by atoms with Crippen LogP contribution < -0.4 is 16.0 Å². The highest BCUT2D eigenvalue weighted by Gasteiger charge is 2.32. The summed E-state index contributed by atoms with van der Waals surface area (Å²) < 4.78 is 0. The maximum Gasteiger partial charge on any atom is 0.326 e. The third-order valence-electron chi connectivity index (χ3n) is 7.32. The molecule has 14 heteroatoms. The first kappa shape index (κ1) is 40.3. The lowest BCUT2D eigenvalue weighted by molar-refractivity contribution is -0.146. The molecule has 0 aromatic heterocycles. The zero-order chi connectivity index (χ0) is 33.7. The number of unbranched alkanes of at least 4 members (excludes halogenated alkanes) is 8. The molecule has 3 amide bonds. The van der Waals surface area contributed by atoms with E-state index in [-0.39, 0.29) is 38.5 Å². The van der Waals surface area contributed by atoms with E-state index in [1.165, 1.54) is 39.5 Å².